The lowest BCUT2D eigenvalue weighted by Gasteiger charge is -2.16. The average molecular weight is 266 g/mol. The Hall–Kier alpha value is -2.22. The van der Waals surface area contributed by atoms with E-state index in [0.717, 1.165) is 12.6 Å². The van der Waals surface area contributed by atoms with Gasteiger partial charge in [0.1, 0.15) is 17.6 Å². The van der Waals surface area contributed by atoms with Crippen molar-refractivity contribution in [2.45, 2.75) is 12.5 Å². The van der Waals surface area contributed by atoms with E-state index >= 15 is 0 Å². The molecule has 1 aromatic heterocycles. The van der Waals surface area contributed by atoms with Gasteiger partial charge in [-0.15, -0.1) is 0 Å². The summed E-state index contributed by atoms with van der Waals surface area (Å²) in [6.07, 6.45) is 1.70. The molecule has 0 aromatic carbocycles. The molecule has 0 bridgehead atoms. The predicted octanol–water partition coefficient (Wildman–Crippen LogP) is 0.433. The highest BCUT2D eigenvalue weighted by molar-refractivity contribution is 5.98. The molecule has 1 saturated heterocycles. The Morgan fingerprint density at radius 2 is 2.42 bits per heavy atom. The standard InChI is InChI=1S/C11H14N4O4/c1-19-7-2-3-14(6-7)11(16)8-4-10(12)13-5-9(8)15(17)18/h4-5,7H,2-3,6H2,1H3,(H2,12,13). The van der Waals surface area contributed by atoms with E-state index in [0.29, 0.717) is 13.1 Å². The van der Waals surface area contributed by atoms with E-state index in [4.69, 9.17) is 10.5 Å². The third kappa shape index (κ3) is 2.63. The molecule has 2 rings (SSSR count). The number of nitrogens with zero attached hydrogens (tertiary/aromatic N) is 3. The molecule has 102 valence electrons. The van der Waals surface area contributed by atoms with Crippen molar-refractivity contribution in [2.75, 3.05) is 25.9 Å². The quantitative estimate of drug-likeness (QED) is 0.627. The number of ether oxygens (including phenoxy) is 1. The molecule has 2 N–H and O–H groups in total. The van der Waals surface area contributed by atoms with Crippen LogP contribution in [0.5, 0.6) is 0 Å². The SMILES string of the molecule is COC1CCN(C(=O)c2cc(N)ncc2[N+](=O)[O-])C1. The number of rotatable bonds is 3. The van der Waals surface area contributed by atoms with E-state index in [1.165, 1.54) is 11.0 Å². The second-order valence-corrected chi connectivity index (χ2v) is 4.28. The summed E-state index contributed by atoms with van der Waals surface area (Å²) in [5.41, 5.74) is 5.12. The number of nitrogens with two attached hydrogens (primary N) is 1. The molecule has 1 atom stereocenters. The van der Waals surface area contributed by atoms with Crippen molar-refractivity contribution in [3.8, 4) is 0 Å². The first-order valence-corrected chi connectivity index (χ1v) is 5.75. The largest absolute Gasteiger partial charge is 0.384 e. The molecule has 2 heterocycles. The number of hydrogen-bond acceptors (Lipinski definition) is 6. The summed E-state index contributed by atoms with van der Waals surface area (Å²) in [6, 6.07) is 1.24. The molecule has 8 nitrogen and oxygen atoms in total. The first kappa shape index (κ1) is 13.2. The van der Waals surface area contributed by atoms with Gasteiger partial charge < -0.3 is 15.4 Å². The van der Waals surface area contributed by atoms with Crippen LogP contribution in [-0.4, -0.2) is 47.0 Å². The molecule has 0 saturated carbocycles. The van der Waals surface area contributed by atoms with Crippen molar-refractivity contribution in [3.63, 3.8) is 0 Å². The summed E-state index contributed by atoms with van der Waals surface area (Å²) in [5, 5.41) is 10.9. The Balaban J connectivity index is 2.28. The molecule has 0 spiro atoms. The first-order chi connectivity index (χ1) is 9.02. The number of hydrogen-bond donors (Lipinski definition) is 1. The van der Waals surface area contributed by atoms with Crippen LogP contribution in [0, 0.1) is 10.1 Å². The minimum atomic E-state index is -0.635. The van der Waals surface area contributed by atoms with Crippen LogP contribution in [0.1, 0.15) is 16.8 Å². The summed E-state index contributed by atoms with van der Waals surface area (Å²) in [5.74, 6) is -0.336. The Morgan fingerprint density at radius 3 is 3.00 bits per heavy atom. The molecule has 19 heavy (non-hydrogen) atoms. The molecule has 1 aliphatic heterocycles. The van der Waals surface area contributed by atoms with Crippen molar-refractivity contribution < 1.29 is 14.5 Å². The van der Waals surface area contributed by atoms with Crippen molar-refractivity contribution in [1.82, 2.24) is 9.88 Å². The lowest BCUT2D eigenvalue weighted by atomic mass is 10.2. The first-order valence-electron chi connectivity index (χ1n) is 5.75. The lowest BCUT2D eigenvalue weighted by molar-refractivity contribution is -0.385. The second kappa shape index (κ2) is 5.19. The highest BCUT2D eigenvalue weighted by Crippen LogP contribution is 2.23. The topological polar surface area (TPSA) is 112 Å². The molecule has 1 amide bonds. The van der Waals surface area contributed by atoms with Crippen LogP contribution in [-0.2, 0) is 4.74 Å². The van der Waals surface area contributed by atoms with E-state index in [1.54, 1.807) is 7.11 Å². The maximum Gasteiger partial charge on any atom is 0.300 e. The fraction of sp³-hybridized carbons (Fsp3) is 0.455. The van der Waals surface area contributed by atoms with Crippen LogP contribution in [0.25, 0.3) is 0 Å². The van der Waals surface area contributed by atoms with Crippen LogP contribution >= 0.6 is 0 Å². The number of anilines is 1. The number of carbonyl (C=O) groups is 1. The third-order valence-corrected chi connectivity index (χ3v) is 3.10. The van der Waals surface area contributed by atoms with Crippen molar-refractivity contribution in [1.29, 1.82) is 0 Å². The highest BCUT2D eigenvalue weighted by atomic mass is 16.6. The summed E-state index contributed by atoms with van der Waals surface area (Å²) < 4.78 is 5.16. The maximum absolute atomic E-state index is 12.3. The number of nitro groups is 1. The predicted molar refractivity (Wildman–Crippen MR) is 66.6 cm³/mol. The Morgan fingerprint density at radius 1 is 1.68 bits per heavy atom. The van der Waals surface area contributed by atoms with Gasteiger partial charge in [-0.1, -0.05) is 0 Å². The fourth-order valence-corrected chi connectivity index (χ4v) is 2.06. The zero-order valence-electron chi connectivity index (χ0n) is 10.4. The van der Waals surface area contributed by atoms with Gasteiger partial charge in [-0.3, -0.25) is 14.9 Å². The Bertz CT molecular complexity index is 519. The molecule has 0 radical (unpaired) electrons. The molecule has 1 aliphatic rings. The van der Waals surface area contributed by atoms with Gasteiger partial charge in [0.15, 0.2) is 0 Å². The molecular formula is C11H14N4O4. The zero-order chi connectivity index (χ0) is 14.0. The van der Waals surface area contributed by atoms with Gasteiger partial charge in [0.2, 0.25) is 0 Å². The molecule has 1 aromatic rings. The van der Waals surface area contributed by atoms with E-state index in [-0.39, 0.29) is 23.2 Å². The van der Waals surface area contributed by atoms with Crippen molar-refractivity contribution in [2.24, 2.45) is 0 Å². The van der Waals surface area contributed by atoms with Gasteiger partial charge >= 0.3 is 0 Å². The number of aromatic nitrogens is 1. The van der Waals surface area contributed by atoms with Gasteiger partial charge in [0.25, 0.3) is 11.6 Å². The third-order valence-electron chi connectivity index (χ3n) is 3.10. The highest BCUT2D eigenvalue weighted by Gasteiger charge is 2.31. The minimum absolute atomic E-state index is 0.0257. The molecule has 1 fully saturated rings. The smallest absolute Gasteiger partial charge is 0.300 e. The number of carbonyl (C=O) groups excluding carboxylic acids is 1. The number of nitrogen functional groups attached to an aromatic ring is 1. The number of pyridine rings is 1. The normalized spacial score (nSPS) is 18.6. The van der Waals surface area contributed by atoms with Crippen molar-refractivity contribution >= 4 is 17.4 Å². The minimum Gasteiger partial charge on any atom is -0.384 e. The summed E-state index contributed by atoms with van der Waals surface area (Å²) in [4.78, 5) is 27.7. The second-order valence-electron chi connectivity index (χ2n) is 4.28. The van der Waals surface area contributed by atoms with E-state index < -0.39 is 10.8 Å². The fourth-order valence-electron chi connectivity index (χ4n) is 2.06. The van der Waals surface area contributed by atoms with Crippen LogP contribution in [0.15, 0.2) is 12.3 Å². The van der Waals surface area contributed by atoms with E-state index in [2.05, 4.69) is 4.98 Å². The monoisotopic (exact) mass is 266 g/mol. The summed E-state index contributed by atoms with van der Waals surface area (Å²) in [7, 11) is 1.57. The Labute approximate surface area is 109 Å². The van der Waals surface area contributed by atoms with E-state index in [9.17, 15) is 14.9 Å². The van der Waals surface area contributed by atoms with Gasteiger partial charge in [-0.25, -0.2) is 4.98 Å². The van der Waals surface area contributed by atoms with Crippen LogP contribution in [0.2, 0.25) is 0 Å². The Kier molecular flexibility index (Phi) is 3.61. The van der Waals surface area contributed by atoms with Gasteiger partial charge in [0, 0.05) is 20.2 Å². The molecular weight excluding hydrogens is 252 g/mol. The zero-order valence-corrected chi connectivity index (χ0v) is 10.4. The van der Waals surface area contributed by atoms with Crippen LogP contribution in [0.4, 0.5) is 11.5 Å². The lowest BCUT2D eigenvalue weighted by Crippen LogP contribution is -2.30. The van der Waals surface area contributed by atoms with Gasteiger partial charge in [0.05, 0.1) is 11.0 Å². The van der Waals surface area contributed by atoms with E-state index in [1.807, 2.05) is 0 Å². The van der Waals surface area contributed by atoms with Gasteiger partial charge in [-0.2, -0.15) is 0 Å². The molecule has 8 heteroatoms. The number of amides is 1. The maximum atomic E-state index is 12.3. The number of methoxy groups -OCH3 is 1. The molecule has 1 unspecified atom stereocenters. The number of likely N-dealkylation sites (tertiary alicyclic amines) is 1. The van der Waals surface area contributed by atoms with Crippen LogP contribution < -0.4 is 5.73 Å². The van der Waals surface area contributed by atoms with Gasteiger partial charge in [-0.05, 0) is 12.5 Å². The average Bonchev–Trinajstić information content (AvgIpc) is 2.86. The van der Waals surface area contributed by atoms with Crippen LogP contribution in [0.3, 0.4) is 0 Å². The summed E-state index contributed by atoms with van der Waals surface area (Å²) >= 11 is 0. The van der Waals surface area contributed by atoms with Crippen molar-refractivity contribution in [3.05, 3.63) is 27.9 Å². The summed E-state index contributed by atoms with van der Waals surface area (Å²) in [6.45, 7) is 0.936. The molecule has 0 aliphatic carbocycles.